The molecule has 3 aromatic carbocycles. The zero-order chi connectivity index (χ0) is 26.6. The number of fused-ring (bicyclic) bond motifs is 1. The lowest BCUT2D eigenvalue weighted by Gasteiger charge is -2.32. The minimum atomic E-state index is 0.0821. The molecule has 1 saturated heterocycles. The second-order valence-electron chi connectivity index (χ2n) is 10.1. The van der Waals surface area contributed by atoms with E-state index >= 15 is 0 Å². The van der Waals surface area contributed by atoms with E-state index in [1.165, 1.54) is 0 Å². The van der Waals surface area contributed by atoms with E-state index in [1.807, 2.05) is 62.4 Å². The zero-order valence-corrected chi connectivity index (χ0v) is 23.7. The summed E-state index contributed by atoms with van der Waals surface area (Å²) < 4.78 is 14.2. The fourth-order valence-corrected chi connectivity index (χ4v) is 5.24. The summed E-state index contributed by atoms with van der Waals surface area (Å²) in [6, 6.07) is 19.8. The maximum Gasteiger partial charge on any atom is 0.142 e. The van der Waals surface area contributed by atoms with Crippen LogP contribution >= 0.6 is 23.2 Å². The fraction of sp³-hybridized carbons (Fsp3) is 0.367. The molecule has 1 aliphatic rings. The van der Waals surface area contributed by atoms with Gasteiger partial charge in [0.25, 0.3) is 0 Å². The molecule has 0 unspecified atom stereocenters. The van der Waals surface area contributed by atoms with E-state index in [1.54, 1.807) is 0 Å². The van der Waals surface area contributed by atoms with E-state index in [2.05, 4.69) is 33.5 Å². The van der Waals surface area contributed by atoms with Crippen molar-refractivity contribution in [2.24, 2.45) is 0 Å². The quantitative estimate of drug-likeness (QED) is 0.238. The molecule has 6 nitrogen and oxygen atoms in total. The van der Waals surface area contributed by atoms with Crippen LogP contribution in [0.2, 0.25) is 10.0 Å². The van der Waals surface area contributed by atoms with Crippen LogP contribution in [0.4, 0.5) is 0 Å². The fourth-order valence-electron chi connectivity index (χ4n) is 4.77. The van der Waals surface area contributed by atoms with Gasteiger partial charge < -0.3 is 18.9 Å². The van der Waals surface area contributed by atoms with E-state index in [-0.39, 0.29) is 6.10 Å². The third-order valence-corrected chi connectivity index (χ3v) is 7.32. The third-order valence-electron chi connectivity index (χ3n) is 6.77. The largest absolute Gasteiger partial charge is 0.492 e. The number of likely N-dealkylation sites (N-methyl/N-ethyl adjacent to an activating group) is 1. The van der Waals surface area contributed by atoms with Gasteiger partial charge in [0.2, 0.25) is 0 Å². The number of hydrogen-bond donors (Lipinski definition) is 0. The first kappa shape index (κ1) is 26.8. The van der Waals surface area contributed by atoms with Crippen LogP contribution in [0.15, 0.2) is 60.7 Å². The van der Waals surface area contributed by atoms with Crippen molar-refractivity contribution in [2.45, 2.75) is 26.5 Å². The number of hydrogen-bond acceptors (Lipinski definition) is 5. The second kappa shape index (κ2) is 12.0. The Morgan fingerprint density at radius 1 is 0.921 bits per heavy atom. The molecule has 8 heteroatoms. The Morgan fingerprint density at radius 3 is 2.45 bits per heavy atom. The molecule has 0 amide bonds. The van der Waals surface area contributed by atoms with Gasteiger partial charge in [0.15, 0.2) is 0 Å². The lowest BCUT2D eigenvalue weighted by Crippen LogP contribution is -2.45. The van der Waals surface area contributed by atoms with Gasteiger partial charge in [-0.25, -0.2) is 4.98 Å². The van der Waals surface area contributed by atoms with Crippen molar-refractivity contribution in [3.8, 4) is 22.9 Å². The Kier molecular flexibility index (Phi) is 8.44. The Bertz CT molecular complexity index is 1400. The summed E-state index contributed by atoms with van der Waals surface area (Å²) in [5.41, 5.74) is 3.78. The first-order valence-corrected chi connectivity index (χ1v) is 13.9. The molecule has 38 heavy (non-hydrogen) atoms. The Balaban J connectivity index is 1.41. The molecule has 1 aliphatic heterocycles. The average Bonchev–Trinajstić information content (AvgIpc) is 3.22. The summed E-state index contributed by atoms with van der Waals surface area (Å²) in [5, 5.41) is 1.31. The molecule has 200 valence electrons. The first-order chi connectivity index (χ1) is 18.4. The van der Waals surface area contributed by atoms with Crippen LogP contribution in [0.3, 0.4) is 0 Å². The van der Waals surface area contributed by atoms with Crippen LogP contribution in [-0.2, 0) is 6.54 Å². The molecule has 0 radical (unpaired) electrons. The average molecular weight is 554 g/mol. The van der Waals surface area contributed by atoms with Gasteiger partial charge in [-0.1, -0.05) is 35.3 Å². The molecule has 0 atom stereocenters. The van der Waals surface area contributed by atoms with Gasteiger partial charge in [-0.3, -0.25) is 4.90 Å². The van der Waals surface area contributed by atoms with Gasteiger partial charge in [-0.05, 0) is 68.9 Å². The van der Waals surface area contributed by atoms with Crippen LogP contribution in [0.5, 0.6) is 11.5 Å². The lowest BCUT2D eigenvalue weighted by atomic mass is 10.1. The number of rotatable bonds is 9. The van der Waals surface area contributed by atoms with Gasteiger partial charge in [-0.2, -0.15) is 0 Å². The summed E-state index contributed by atoms with van der Waals surface area (Å²) in [6.07, 6.45) is 0.0821. The maximum atomic E-state index is 6.84. The highest BCUT2D eigenvalue weighted by Gasteiger charge is 2.18. The highest BCUT2D eigenvalue weighted by Crippen LogP contribution is 2.34. The molecule has 0 spiro atoms. The van der Waals surface area contributed by atoms with E-state index < -0.39 is 0 Å². The highest BCUT2D eigenvalue weighted by atomic mass is 35.5. The Labute approximate surface area is 234 Å². The van der Waals surface area contributed by atoms with Crippen molar-refractivity contribution in [3.63, 3.8) is 0 Å². The zero-order valence-electron chi connectivity index (χ0n) is 22.2. The molecule has 5 rings (SSSR count). The Morgan fingerprint density at radius 2 is 1.71 bits per heavy atom. The van der Waals surface area contributed by atoms with E-state index in [0.29, 0.717) is 23.2 Å². The number of nitrogens with zero attached hydrogens (tertiary/aromatic N) is 4. The molecule has 0 bridgehead atoms. The van der Waals surface area contributed by atoms with Crippen LogP contribution in [0, 0.1) is 0 Å². The summed E-state index contributed by atoms with van der Waals surface area (Å²) in [6.45, 7) is 10.5. The molecule has 0 N–H and O–H groups in total. The van der Waals surface area contributed by atoms with Gasteiger partial charge in [0.05, 0.1) is 22.2 Å². The number of imidazole rings is 1. The minimum absolute atomic E-state index is 0.0821. The van der Waals surface area contributed by atoms with Gasteiger partial charge in [0.1, 0.15) is 23.9 Å². The third kappa shape index (κ3) is 6.44. The molecule has 1 fully saturated rings. The summed E-state index contributed by atoms with van der Waals surface area (Å²) in [5.74, 6) is 2.34. The minimum Gasteiger partial charge on any atom is -0.492 e. The summed E-state index contributed by atoms with van der Waals surface area (Å²) >= 11 is 13.1. The monoisotopic (exact) mass is 552 g/mol. The van der Waals surface area contributed by atoms with Crippen LogP contribution in [-0.4, -0.2) is 71.8 Å². The van der Waals surface area contributed by atoms with Gasteiger partial charge >= 0.3 is 0 Å². The number of benzene rings is 3. The molecular formula is C30H34Cl2N4O2. The maximum absolute atomic E-state index is 6.84. The van der Waals surface area contributed by atoms with Crippen LogP contribution in [0.1, 0.15) is 19.4 Å². The van der Waals surface area contributed by atoms with Gasteiger partial charge in [0, 0.05) is 55.9 Å². The van der Waals surface area contributed by atoms with Crippen molar-refractivity contribution < 1.29 is 9.47 Å². The highest BCUT2D eigenvalue weighted by molar-refractivity contribution is 6.33. The number of piperazine rings is 1. The second-order valence-corrected chi connectivity index (χ2v) is 10.9. The van der Waals surface area contributed by atoms with Crippen molar-refractivity contribution in [2.75, 3.05) is 46.4 Å². The van der Waals surface area contributed by atoms with E-state index in [0.717, 1.165) is 72.2 Å². The predicted octanol–water partition coefficient (Wildman–Crippen LogP) is 6.47. The summed E-state index contributed by atoms with van der Waals surface area (Å²) in [4.78, 5) is 9.79. The SMILES string of the molecule is CC(C)Oc1ccc2c(c1)nc(-c1ccc(OCCN3CCN(C)CC3)cc1Cl)n2Cc1cccc(Cl)c1. The molecule has 2 heterocycles. The number of aromatic nitrogens is 2. The van der Waals surface area contributed by atoms with Crippen LogP contribution < -0.4 is 9.47 Å². The Hall–Kier alpha value is -2.77. The van der Waals surface area contributed by atoms with Crippen molar-refractivity contribution in [1.82, 2.24) is 19.4 Å². The summed E-state index contributed by atoms with van der Waals surface area (Å²) in [7, 11) is 2.17. The smallest absolute Gasteiger partial charge is 0.142 e. The predicted molar refractivity (Wildman–Crippen MR) is 156 cm³/mol. The molecule has 4 aromatic rings. The number of halogens is 2. The van der Waals surface area contributed by atoms with E-state index in [9.17, 15) is 0 Å². The van der Waals surface area contributed by atoms with Crippen molar-refractivity contribution in [1.29, 1.82) is 0 Å². The van der Waals surface area contributed by atoms with Gasteiger partial charge in [-0.15, -0.1) is 0 Å². The number of ether oxygens (including phenoxy) is 2. The lowest BCUT2D eigenvalue weighted by molar-refractivity contribution is 0.134. The van der Waals surface area contributed by atoms with Crippen molar-refractivity contribution in [3.05, 3.63) is 76.3 Å². The normalized spacial score (nSPS) is 14.9. The van der Waals surface area contributed by atoms with Crippen molar-refractivity contribution >= 4 is 34.2 Å². The molecular weight excluding hydrogens is 519 g/mol. The standard InChI is InChI=1S/C30H34Cl2N4O2/c1-21(2)38-25-8-10-29-28(19-25)33-30(36(29)20-22-5-4-6-23(31)17-22)26-9-7-24(18-27(26)32)37-16-15-35-13-11-34(3)12-14-35/h4-10,17-19,21H,11-16,20H2,1-3H3. The molecule has 1 aromatic heterocycles. The molecule has 0 saturated carbocycles. The van der Waals surface area contributed by atoms with E-state index in [4.69, 9.17) is 37.7 Å². The van der Waals surface area contributed by atoms with Crippen LogP contribution in [0.25, 0.3) is 22.4 Å². The molecule has 0 aliphatic carbocycles. The first-order valence-electron chi connectivity index (χ1n) is 13.1. The topological polar surface area (TPSA) is 42.8 Å².